The number of hydrogen-bond donors (Lipinski definition) is 3. The van der Waals surface area contributed by atoms with Crippen molar-refractivity contribution in [2.75, 3.05) is 23.3 Å². The van der Waals surface area contributed by atoms with Gasteiger partial charge in [0.1, 0.15) is 17.2 Å². The van der Waals surface area contributed by atoms with Crippen molar-refractivity contribution in [1.29, 1.82) is 0 Å². The molecule has 3 aromatic rings. The fraction of sp³-hybridized carbons (Fsp3) is 0.375. The van der Waals surface area contributed by atoms with Crippen LogP contribution in [0.15, 0.2) is 42.9 Å². The molecule has 34 heavy (non-hydrogen) atoms. The van der Waals surface area contributed by atoms with Gasteiger partial charge in [-0.25, -0.2) is 15.0 Å². The van der Waals surface area contributed by atoms with Crippen molar-refractivity contribution in [3.8, 4) is 0 Å². The van der Waals surface area contributed by atoms with Crippen LogP contribution < -0.4 is 15.5 Å². The number of hydrogen-bond acceptors (Lipinski definition) is 8. The third kappa shape index (κ3) is 4.95. The number of aliphatic hydroxyl groups is 1. The molecule has 1 saturated carbocycles. The highest BCUT2D eigenvalue weighted by molar-refractivity contribution is 6.31. The molecule has 10 heteroatoms. The first-order chi connectivity index (χ1) is 16.5. The Morgan fingerprint density at radius 3 is 2.68 bits per heavy atom. The van der Waals surface area contributed by atoms with Crippen LogP contribution in [0.1, 0.15) is 46.6 Å². The van der Waals surface area contributed by atoms with Crippen LogP contribution in [0.25, 0.3) is 0 Å². The zero-order valence-electron chi connectivity index (χ0n) is 18.7. The highest BCUT2D eigenvalue weighted by Crippen LogP contribution is 2.53. The summed E-state index contributed by atoms with van der Waals surface area (Å²) >= 11 is 6.24. The summed E-state index contributed by atoms with van der Waals surface area (Å²) in [5, 5.41) is 16.0. The van der Waals surface area contributed by atoms with Crippen molar-refractivity contribution in [3.63, 3.8) is 0 Å². The average molecular weight is 480 g/mol. The van der Waals surface area contributed by atoms with Crippen molar-refractivity contribution in [2.45, 2.75) is 39.0 Å². The van der Waals surface area contributed by atoms with Crippen molar-refractivity contribution in [2.24, 2.45) is 5.41 Å². The van der Waals surface area contributed by atoms with Crippen LogP contribution in [0.2, 0.25) is 5.02 Å². The Kier molecular flexibility index (Phi) is 6.30. The Hall–Kier alpha value is -3.30. The van der Waals surface area contributed by atoms with E-state index in [0.717, 1.165) is 25.1 Å². The van der Waals surface area contributed by atoms with Gasteiger partial charge in [-0.1, -0.05) is 23.7 Å². The summed E-state index contributed by atoms with van der Waals surface area (Å²) in [6, 6.07) is 7.20. The van der Waals surface area contributed by atoms with E-state index in [0.29, 0.717) is 45.7 Å². The number of aromatic nitrogens is 4. The lowest BCUT2D eigenvalue weighted by atomic mass is 10.1. The summed E-state index contributed by atoms with van der Waals surface area (Å²) in [5.41, 5.74) is 2.36. The number of nitrogens with zero attached hydrogens (tertiary/aromatic N) is 5. The van der Waals surface area contributed by atoms with Crippen molar-refractivity contribution < 1.29 is 9.90 Å². The molecule has 1 amide bonds. The molecule has 2 fully saturated rings. The van der Waals surface area contributed by atoms with Gasteiger partial charge in [0.2, 0.25) is 5.95 Å². The molecule has 0 radical (unpaired) electrons. The second-order valence-electron chi connectivity index (χ2n) is 8.89. The van der Waals surface area contributed by atoms with Gasteiger partial charge >= 0.3 is 0 Å². The summed E-state index contributed by atoms with van der Waals surface area (Å²) in [5.74, 6) is 1.29. The number of halogens is 1. The number of carbonyl (C=O) groups excluding carboxylic acids is 1. The highest BCUT2D eigenvalue weighted by atomic mass is 35.5. The van der Waals surface area contributed by atoms with Crippen LogP contribution in [0, 0.1) is 5.41 Å². The van der Waals surface area contributed by atoms with Gasteiger partial charge in [0, 0.05) is 43.2 Å². The number of anilines is 2. The number of amides is 1. The maximum absolute atomic E-state index is 13.0. The average Bonchev–Trinajstić information content (AvgIpc) is 3.50. The van der Waals surface area contributed by atoms with Gasteiger partial charge in [0.25, 0.3) is 5.91 Å². The molecule has 1 aliphatic carbocycles. The van der Waals surface area contributed by atoms with Crippen LogP contribution in [-0.2, 0) is 19.7 Å². The molecule has 2 aromatic heterocycles. The Bertz CT molecular complexity index is 1190. The smallest absolute Gasteiger partial charge is 0.256 e. The molecule has 2 aliphatic rings. The molecule has 1 spiro atoms. The van der Waals surface area contributed by atoms with E-state index < -0.39 is 0 Å². The Morgan fingerprint density at radius 1 is 1.15 bits per heavy atom. The Balaban J connectivity index is 1.35. The van der Waals surface area contributed by atoms with Gasteiger partial charge in [-0.15, -0.1) is 0 Å². The van der Waals surface area contributed by atoms with E-state index >= 15 is 0 Å². The molecule has 1 aromatic carbocycles. The van der Waals surface area contributed by atoms with Crippen molar-refractivity contribution in [3.05, 3.63) is 70.4 Å². The van der Waals surface area contributed by atoms with Gasteiger partial charge in [-0.05, 0) is 47.9 Å². The largest absolute Gasteiger partial charge is 0.392 e. The van der Waals surface area contributed by atoms with Gasteiger partial charge in [0.05, 0.1) is 13.2 Å². The number of aliphatic hydroxyl groups excluding tert-OH is 1. The van der Waals surface area contributed by atoms with E-state index in [-0.39, 0.29) is 19.1 Å². The first-order valence-electron chi connectivity index (χ1n) is 11.3. The summed E-state index contributed by atoms with van der Waals surface area (Å²) < 4.78 is 0. The van der Waals surface area contributed by atoms with E-state index in [1.165, 1.54) is 12.8 Å². The fourth-order valence-corrected chi connectivity index (χ4v) is 4.47. The van der Waals surface area contributed by atoms with Crippen molar-refractivity contribution in [1.82, 2.24) is 25.3 Å². The van der Waals surface area contributed by atoms with Crippen LogP contribution in [-0.4, -0.2) is 44.0 Å². The zero-order valence-corrected chi connectivity index (χ0v) is 19.4. The molecule has 5 rings (SSSR count). The molecular formula is C24H26ClN7O2. The second-order valence-corrected chi connectivity index (χ2v) is 9.30. The zero-order chi connectivity index (χ0) is 23.5. The SMILES string of the molecule is O=C(NCc1ncccn1)c1cnc(N2CCC3(CC3)C2)nc1NCc1ccc(CO)c(Cl)c1. The summed E-state index contributed by atoms with van der Waals surface area (Å²) in [4.78, 5) is 32.7. The normalized spacial score (nSPS) is 16.0. The predicted octanol–water partition coefficient (Wildman–Crippen LogP) is 2.94. The van der Waals surface area contributed by atoms with Gasteiger partial charge in [-0.2, -0.15) is 4.98 Å². The molecule has 9 nitrogen and oxygen atoms in total. The quantitative estimate of drug-likeness (QED) is 0.451. The summed E-state index contributed by atoms with van der Waals surface area (Å²) in [6.07, 6.45) is 8.53. The first-order valence-corrected chi connectivity index (χ1v) is 11.7. The van der Waals surface area contributed by atoms with Crippen LogP contribution >= 0.6 is 11.6 Å². The van der Waals surface area contributed by atoms with E-state index in [9.17, 15) is 9.90 Å². The van der Waals surface area contributed by atoms with Gasteiger partial charge in [-0.3, -0.25) is 4.79 Å². The van der Waals surface area contributed by atoms with Crippen LogP contribution in [0.4, 0.5) is 11.8 Å². The maximum Gasteiger partial charge on any atom is 0.256 e. The number of carbonyl (C=O) groups is 1. The summed E-state index contributed by atoms with van der Waals surface area (Å²) in [7, 11) is 0. The molecule has 3 heterocycles. The van der Waals surface area contributed by atoms with Gasteiger partial charge in [0.15, 0.2) is 0 Å². The molecule has 176 valence electrons. The molecule has 0 bridgehead atoms. The molecule has 3 N–H and O–H groups in total. The van der Waals surface area contributed by atoms with E-state index in [2.05, 4.69) is 30.5 Å². The molecule has 0 unspecified atom stereocenters. The minimum atomic E-state index is -0.310. The first kappa shape index (κ1) is 22.5. The predicted molar refractivity (Wildman–Crippen MR) is 128 cm³/mol. The van der Waals surface area contributed by atoms with E-state index in [4.69, 9.17) is 16.6 Å². The lowest BCUT2D eigenvalue weighted by molar-refractivity contribution is 0.0950. The van der Waals surface area contributed by atoms with Crippen LogP contribution in [0.3, 0.4) is 0 Å². The third-order valence-electron chi connectivity index (χ3n) is 6.47. The standard InChI is InChI=1S/C24H26ClN7O2/c25-19-10-16(2-3-17(19)14-33)11-28-21-18(22(34)29-13-20-26-7-1-8-27-20)12-30-23(31-21)32-9-6-24(15-32)4-5-24/h1-3,7-8,10,12,33H,4-6,9,11,13-15H2,(H,29,34)(H,28,30,31). The lowest BCUT2D eigenvalue weighted by Gasteiger charge is -2.19. The van der Waals surface area contributed by atoms with E-state index in [1.807, 2.05) is 6.07 Å². The minimum Gasteiger partial charge on any atom is -0.392 e. The number of rotatable bonds is 8. The molecule has 0 atom stereocenters. The lowest BCUT2D eigenvalue weighted by Crippen LogP contribution is -2.27. The second kappa shape index (κ2) is 9.52. The molecule has 1 aliphatic heterocycles. The van der Waals surface area contributed by atoms with E-state index in [1.54, 1.807) is 36.8 Å². The Labute approximate surface area is 202 Å². The van der Waals surface area contributed by atoms with Crippen LogP contribution in [0.5, 0.6) is 0 Å². The van der Waals surface area contributed by atoms with Gasteiger partial charge < -0.3 is 20.6 Å². The summed E-state index contributed by atoms with van der Waals surface area (Å²) in [6.45, 7) is 2.38. The third-order valence-corrected chi connectivity index (χ3v) is 6.82. The monoisotopic (exact) mass is 479 g/mol. The van der Waals surface area contributed by atoms with Crippen molar-refractivity contribution >= 4 is 29.3 Å². The number of benzene rings is 1. The highest BCUT2D eigenvalue weighted by Gasteiger charge is 2.48. The maximum atomic E-state index is 13.0. The minimum absolute atomic E-state index is 0.116. The number of nitrogens with one attached hydrogen (secondary N) is 2. The molecular weight excluding hydrogens is 454 g/mol. The fourth-order valence-electron chi connectivity index (χ4n) is 4.21. The molecule has 1 saturated heterocycles. The Morgan fingerprint density at radius 2 is 1.97 bits per heavy atom. The topological polar surface area (TPSA) is 116 Å².